The maximum Gasteiger partial charge on any atom is 0.0495 e. The van der Waals surface area contributed by atoms with Crippen LogP contribution in [0.4, 0.5) is 0 Å². The number of hydrogen-bond acceptors (Lipinski definition) is 1. The number of halogens is 1. The molecule has 0 aliphatic carbocycles. The van der Waals surface area contributed by atoms with E-state index in [0.29, 0.717) is 5.92 Å². The van der Waals surface area contributed by atoms with Gasteiger partial charge in [0.2, 0.25) is 0 Å². The van der Waals surface area contributed by atoms with Crippen LogP contribution in [0.5, 0.6) is 0 Å². The van der Waals surface area contributed by atoms with Crippen molar-refractivity contribution in [2.24, 2.45) is 7.05 Å². The first-order chi connectivity index (χ1) is 7.25. The van der Waals surface area contributed by atoms with E-state index < -0.39 is 0 Å². The predicted octanol–water partition coefficient (Wildman–Crippen LogP) is 2.52. The van der Waals surface area contributed by atoms with Gasteiger partial charge in [-0.05, 0) is 17.7 Å². The number of nitrogens with zero attached hydrogens (tertiary/aromatic N) is 1. The highest BCUT2D eigenvalue weighted by atomic mass is 35.5. The lowest BCUT2D eigenvalue weighted by Gasteiger charge is -2.26. The molecule has 0 amide bonds. The second-order valence-electron chi connectivity index (χ2n) is 4.21. The average molecular weight is 221 g/mol. The molecule has 0 bridgehead atoms. The first-order valence-corrected chi connectivity index (χ1v) is 5.58. The van der Waals surface area contributed by atoms with E-state index in [1.165, 1.54) is 16.5 Å². The number of hydrogen-bond donors (Lipinski definition) is 1. The fourth-order valence-corrected chi connectivity index (χ4v) is 2.39. The van der Waals surface area contributed by atoms with Crippen molar-refractivity contribution in [2.45, 2.75) is 5.92 Å². The zero-order valence-corrected chi connectivity index (χ0v) is 9.38. The van der Waals surface area contributed by atoms with E-state index in [1.54, 1.807) is 0 Å². The molecule has 3 heteroatoms. The normalized spacial score (nSPS) is 16.9. The third-order valence-electron chi connectivity index (χ3n) is 3.20. The van der Waals surface area contributed by atoms with Crippen LogP contribution in [0.2, 0.25) is 5.02 Å². The lowest BCUT2D eigenvalue weighted by molar-refractivity contribution is 0.450. The fraction of sp³-hybridized carbons (Fsp3) is 0.333. The maximum atomic E-state index is 6.00. The molecule has 0 radical (unpaired) electrons. The Morgan fingerprint density at radius 3 is 2.87 bits per heavy atom. The summed E-state index contributed by atoms with van der Waals surface area (Å²) < 4.78 is 2.16. The molecule has 1 aromatic heterocycles. The molecule has 0 atom stereocenters. The summed E-state index contributed by atoms with van der Waals surface area (Å²) in [4.78, 5) is 0. The molecule has 15 heavy (non-hydrogen) atoms. The molecule has 1 aromatic carbocycles. The van der Waals surface area contributed by atoms with E-state index in [1.807, 2.05) is 12.1 Å². The molecular weight excluding hydrogens is 208 g/mol. The van der Waals surface area contributed by atoms with E-state index in [0.717, 1.165) is 18.1 Å². The summed E-state index contributed by atoms with van der Waals surface area (Å²) in [6.07, 6.45) is 2.23. The zero-order chi connectivity index (χ0) is 10.4. The van der Waals surface area contributed by atoms with Crippen molar-refractivity contribution in [3.8, 4) is 0 Å². The van der Waals surface area contributed by atoms with Gasteiger partial charge in [0.25, 0.3) is 0 Å². The molecule has 1 saturated heterocycles. The van der Waals surface area contributed by atoms with Crippen molar-refractivity contribution in [1.29, 1.82) is 0 Å². The van der Waals surface area contributed by atoms with Gasteiger partial charge in [0.05, 0.1) is 0 Å². The number of aromatic nitrogens is 1. The first-order valence-electron chi connectivity index (χ1n) is 5.21. The van der Waals surface area contributed by atoms with E-state index in [2.05, 4.69) is 29.2 Å². The van der Waals surface area contributed by atoms with Crippen molar-refractivity contribution in [3.05, 3.63) is 35.0 Å². The molecular formula is C12H13ClN2. The van der Waals surface area contributed by atoms with Crippen LogP contribution in [0.1, 0.15) is 11.5 Å². The molecule has 1 fully saturated rings. The lowest BCUT2D eigenvalue weighted by Crippen LogP contribution is -2.39. The largest absolute Gasteiger partial charge is 0.350 e. The third-order valence-corrected chi connectivity index (χ3v) is 3.44. The SMILES string of the molecule is Cn1cc(C2CNC2)c2ccc(Cl)cc21. The predicted molar refractivity (Wildman–Crippen MR) is 63.5 cm³/mol. The lowest BCUT2D eigenvalue weighted by atomic mass is 9.93. The minimum Gasteiger partial charge on any atom is -0.350 e. The van der Waals surface area contributed by atoms with Gasteiger partial charge in [0, 0.05) is 48.2 Å². The van der Waals surface area contributed by atoms with Crippen molar-refractivity contribution < 1.29 is 0 Å². The van der Waals surface area contributed by atoms with Gasteiger partial charge in [-0.15, -0.1) is 0 Å². The number of rotatable bonds is 1. The molecule has 2 aromatic rings. The highest BCUT2D eigenvalue weighted by Crippen LogP contribution is 2.30. The van der Waals surface area contributed by atoms with Crippen LogP contribution in [0, 0.1) is 0 Å². The highest BCUT2D eigenvalue weighted by Gasteiger charge is 2.22. The molecule has 2 nitrogen and oxygen atoms in total. The quantitative estimate of drug-likeness (QED) is 0.782. The van der Waals surface area contributed by atoms with Gasteiger partial charge < -0.3 is 9.88 Å². The third kappa shape index (κ3) is 1.36. The summed E-state index contributed by atoms with van der Waals surface area (Å²) in [6.45, 7) is 2.20. The van der Waals surface area contributed by atoms with Crippen LogP contribution < -0.4 is 5.32 Å². The fourth-order valence-electron chi connectivity index (χ4n) is 2.22. The van der Waals surface area contributed by atoms with Crippen LogP contribution in [0.15, 0.2) is 24.4 Å². The highest BCUT2D eigenvalue weighted by molar-refractivity contribution is 6.31. The summed E-state index contributed by atoms with van der Waals surface area (Å²) in [5.74, 6) is 0.676. The van der Waals surface area contributed by atoms with Gasteiger partial charge in [0.15, 0.2) is 0 Å². The minimum atomic E-state index is 0.676. The van der Waals surface area contributed by atoms with E-state index in [4.69, 9.17) is 11.6 Å². The average Bonchev–Trinajstić information content (AvgIpc) is 2.41. The molecule has 2 heterocycles. The van der Waals surface area contributed by atoms with Crippen molar-refractivity contribution in [3.63, 3.8) is 0 Å². The number of aryl methyl sites for hydroxylation is 1. The maximum absolute atomic E-state index is 6.00. The van der Waals surface area contributed by atoms with Crippen molar-refractivity contribution in [2.75, 3.05) is 13.1 Å². The van der Waals surface area contributed by atoms with Gasteiger partial charge in [-0.25, -0.2) is 0 Å². The Balaban J connectivity index is 2.22. The number of benzene rings is 1. The molecule has 0 spiro atoms. The minimum absolute atomic E-state index is 0.676. The Hall–Kier alpha value is -0.990. The van der Waals surface area contributed by atoms with E-state index in [9.17, 15) is 0 Å². The molecule has 0 saturated carbocycles. The Labute approximate surface area is 93.8 Å². The van der Waals surface area contributed by atoms with Crippen molar-refractivity contribution in [1.82, 2.24) is 9.88 Å². The Bertz CT molecular complexity index is 512. The summed E-state index contributed by atoms with van der Waals surface area (Å²) in [5.41, 5.74) is 2.67. The van der Waals surface area contributed by atoms with E-state index in [-0.39, 0.29) is 0 Å². The monoisotopic (exact) mass is 220 g/mol. The smallest absolute Gasteiger partial charge is 0.0495 e. The standard InChI is InChI=1S/C12H13ClN2/c1-15-7-11(8-5-14-6-8)10-3-2-9(13)4-12(10)15/h2-4,7-8,14H,5-6H2,1H3. The summed E-state index contributed by atoms with van der Waals surface area (Å²) in [5, 5.41) is 5.46. The Morgan fingerprint density at radius 2 is 2.20 bits per heavy atom. The number of fused-ring (bicyclic) bond motifs is 1. The van der Waals surface area contributed by atoms with Crippen molar-refractivity contribution >= 4 is 22.5 Å². The van der Waals surface area contributed by atoms with Gasteiger partial charge >= 0.3 is 0 Å². The second kappa shape index (κ2) is 3.26. The van der Waals surface area contributed by atoms with Crippen LogP contribution in [-0.2, 0) is 7.05 Å². The van der Waals surface area contributed by atoms with Gasteiger partial charge in [-0.2, -0.15) is 0 Å². The zero-order valence-electron chi connectivity index (χ0n) is 8.63. The summed E-state index contributed by atoms with van der Waals surface area (Å²) in [7, 11) is 2.08. The van der Waals surface area contributed by atoms with Gasteiger partial charge in [0.1, 0.15) is 0 Å². The van der Waals surface area contributed by atoms with Crippen LogP contribution in [0.3, 0.4) is 0 Å². The first kappa shape index (κ1) is 9.25. The second-order valence-corrected chi connectivity index (χ2v) is 4.65. The van der Waals surface area contributed by atoms with Crippen LogP contribution in [0.25, 0.3) is 10.9 Å². The van der Waals surface area contributed by atoms with Gasteiger partial charge in [-0.3, -0.25) is 0 Å². The van der Waals surface area contributed by atoms with Gasteiger partial charge in [-0.1, -0.05) is 17.7 Å². The van der Waals surface area contributed by atoms with E-state index >= 15 is 0 Å². The molecule has 3 rings (SSSR count). The van der Waals surface area contributed by atoms with Crippen LogP contribution in [-0.4, -0.2) is 17.7 Å². The topological polar surface area (TPSA) is 17.0 Å². The molecule has 1 N–H and O–H groups in total. The van der Waals surface area contributed by atoms with Crippen LogP contribution >= 0.6 is 11.6 Å². The summed E-state index contributed by atoms with van der Waals surface area (Å²) in [6, 6.07) is 6.14. The molecule has 1 aliphatic heterocycles. The Kier molecular flexibility index (Phi) is 2.01. The molecule has 1 aliphatic rings. The Morgan fingerprint density at radius 1 is 1.40 bits per heavy atom. The molecule has 0 unspecified atom stereocenters. The summed E-state index contributed by atoms with van der Waals surface area (Å²) >= 11 is 6.00. The number of nitrogens with one attached hydrogen (secondary N) is 1. The molecule has 78 valence electrons.